The highest BCUT2D eigenvalue weighted by molar-refractivity contribution is 7.10. The smallest absolute Gasteiger partial charge is 0.223 e. The molecule has 0 radical (unpaired) electrons. The van der Waals surface area contributed by atoms with Crippen LogP contribution < -0.4 is 10.6 Å². The summed E-state index contributed by atoms with van der Waals surface area (Å²) < 4.78 is 4.93. The fourth-order valence-corrected chi connectivity index (χ4v) is 2.70. The average Bonchev–Trinajstić information content (AvgIpc) is 3.10. The van der Waals surface area contributed by atoms with Gasteiger partial charge in [0.15, 0.2) is 11.8 Å². The highest BCUT2D eigenvalue weighted by Crippen LogP contribution is 2.26. The van der Waals surface area contributed by atoms with Crippen LogP contribution in [0.25, 0.3) is 0 Å². The molecular formula is C14H21N5OS. The SMILES string of the molecule is CN=C(NCc1noc(C)n1)NCC(C)(C)c1cccs1. The quantitative estimate of drug-likeness (QED) is 0.653. The van der Waals surface area contributed by atoms with Crippen molar-refractivity contribution in [1.82, 2.24) is 20.8 Å². The van der Waals surface area contributed by atoms with Crippen LogP contribution in [0, 0.1) is 6.92 Å². The summed E-state index contributed by atoms with van der Waals surface area (Å²) in [5.41, 5.74) is 0.0501. The monoisotopic (exact) mass is 307 g/mol. The Kier molecular flexibility index (Phi) is 4.95. The van der Waals surface area contributed by atoms with Crippen LogP contribution in [0.2, 0.25) is 0 Å². The Morgan fingerprint density at radius 3 is 2.81 bits per heavy atom. The van der Waals surface area contributed by atoms with E-state index in [1.807, 2.05) is 0 Å². The molecule has 0 saturated heterocycles. The first kappa shape index (κ1) is 15.5. The van der Waals surface area contributed by atoms with E-state index in [9.17, 15) is 0 Å². The lowest BCUT2D eigenvalue weighted by Gasteiger charge is -2.24. The predicted octanol–water partition coefficient (Wildman–Crippen LogP) is 2.08. The van der Waals surface area contributed by atoms with Crippen molar-refractivity contribution in [2.75, 3.05) is 13.6 Å². The molecule has 2 aromatic rings. The van der Waals surface area contributed by atoms with Crippen molar-refractivity contribution < 1.29 is 4.52 Å². The molecule has 0 atom stereocenters. The Morgan fingerprint density at radius 1 is 1.43 bits per heavy atom. The summed E-state index contributed by atoms with van der Waals surface area (Å²) >= 11 is 1.77. The standard InChI is InChI=1S/C14H21N5OS/c1-10-18-12(19-20-10)8-16-13(15-4)17-9-14(2,3)11-6-5-7-21-11/h5-7H,8-9H2,1-4H3,(H2,15,16,17). The van der Waals surface area contributed by atoms with E-state index in [-0.39, 0.29) is 5.41 Å². The molecule has 7 heteroatoms. The summed E-state index contributed by atoms with van der Waals surface area (Å²) in [5.74, 6) is 1.91. The van der Waals surface area contributed by atoms with Gasteiger partial charge in [-0.2, -0.15) is 4.98 Å². The third kappa shape index (κ3) is 4.29. The van der Waals surface area contributed by atoms with Crippen molar-refractivity contribution in [1.29, 1.82) is 0 Å². The van der Waals surface area contributed by atoms with Gasteiger partial charge in [0.1, 0.15) is 0 Å². The zero-order valence-corrected chi connectivity index (χ0v) is 13.6. The molecule has 0 fully saturated rings. The van der Waals surface area contributed by atoms with Gasteiger partial charge in [0, 0.05) is 30.8 Å². The number of nitrogens with zero attached hydrogens (tertiary/aromatic N) is 3. The van der Waals surface area contributed by atoms with Crippen LogP contribution in [-0.4, -0.2) is 29.7 Å². The Bertz CT molecular complexity index is 588. The van der Waals surface area contributed by atoms with Gasteiger partial charge in [-0.3, -0.25) is 4.99 Å². The van der Waals surface area contributed by atoms with Gasteiger partial charge in [-0.1, -0.05) is 25.1 Å². The number of thiophene rings is 1. The maximum Gasteiger partial charge on any atom is 0.223 e. The highest BCUT2D eigenvalue weighted by Gasteiger charge is 2.21. The van der Waals surface area contributed by atoms with Crippen molar-refractivity contribution >= 4 is 17.3 Å². The van der Waals surface area contributed by atoms with E-state index in [1.165, 1.54) is 4.88 Å². The molecule has 0 aliphatic carbocycles. The lowest BCUT2D eigenvalue weighted by Crippen LogP contribution is -2.43. The summed E-state index contributed by atoms with van der Waals surface area (Å²) in [6, 6.07) is 4.23. The molecule has 2 heterocycles. The van der Waals surface area contributed by atoms with Crippen LogP contribution in [-0.2, 0) is 12.0 Å². The number of rotatable bonds is 5. The second-order valence-corrected chi connectivity index (χ2v) is 6.32. The van der Waals surface area contributed by atoms with Crippen molar-refractivity contribution in [3.8, 4) is 0 Å². The van der Waals surface area contributed by atoms with Crippen LogP contribution in [0.3, 0.4) is 0 Å². The van der Waals surface area contributed by atoms with Gasteiger partial charge < -0.3 is 15.2 Å². The van der Waals surface area contributed by atoms with E-state index in [2.05, 4.69) is 57.1 Å². The Morgan fingerprint density at radius 2 is 2.24 bits per heavy atom. The maximum absolute atomic E-state index is 4.93. The molecule has 0 aliphatic heterocycles. The minimum absolute atomic E-state index is 0.0501. The second kappa shape index (κ2) is 6.71. The van der Waals surface area contributed by atoms with E-state index < -0.39 is 0 Å². The minimum Gasteiger partial charge on any atom is -0.356 e. The average molecular weight is 307 g/mol. The number of guanidine groups is 1. The molecule has 0 aromatic carbocycles. The molecule has 2 rings (SSSR count). The molecular weight excluding hydrogens is 286 g/mol. The fourth-order valence-electron chi connectivity index (χ4n) is 1.85. The molecule has 0 bridgehead atoms. The lowest BCUT2D eigenvalue weighted by molar-refractivity contribution is 0.386. The van der Waals surface area contributed by atoms with E-state index in [4.69, 9.17) is 4.52 Å². The number of aromatic nitrogens is 2. The summed E-state index contributed by atoms with van der Waals surface area (Å²) in [7, 11) is 1.74. The fraction of sp³-hybridized carbons (Fsp3) is 0.500. The van der Waals surface area contributed by atoms with Gasteiger partial charge in [-0.15, -0.1) is 11.3 Å². The Balaban J connectivity index is 1.85. The van der Waals surface area contributed by atoms with Gasteiger partial charge in [0.05, 0.1) is 6.54 Å². The van der Waals surface area contributed by atoms with Crippen LogP contribution in [0.5, 0.6) is 0 Å². The normalized spacial score (nSPS) is 12.5. The van der Waals surface area contributed by atoms with Crippen molar-refractivity contribution in [2.45, 2.75) is 32.7 Å². The van der Waals surface area contributed by atoms with E-state index in [0.29, 0.717) is 18.3 Å². The first-order valence-corrected chi connectivity index (χ1v) is 7.67. The molecule has 21 heavy (non-hydrogen) atoms. The molecule has 0 unspecified atom stereocenters. The molecule has 0 amide bonds. The van der Waals surface area contributed by atoms with Gasteiger partial charge >= 0.3 is 0 Å². The van der Waals surface area contributed by atoms with Crippen molar-refractivity contribution in [3.63, 3.8) is 0 Å². The largest absolute Gasteiger partial charge is 0.356 e. The van der Waals surface area contributed by atoms with E-state index >= 15 is 0 Å². The van der Waals surface area contributed by atoms with Crippen molar-refractivity contribution in [3.05, 3.63) is 34.1 Å². The van der Waals surface area contributed by atoms with Gasteiger partial charge in [-0.25, -0.2) is 0 Å². The summed E-state index contributed by atoms with van der Waals surface area (Å²) in [4.78, 5) is 9.70. The summed E-state index contributed by atoms with van der Waals surface area (Å²) in [6.07, 6.45) is 0. The zero-order chi connectivity index (χ0) is 15.3. The topological polar surface area (TPSA) is 75.3 Å². The van der Waals surface area contributed by atoms with E-state index in [1.54, 1.807) is 25.3 Å². The van der Waals surface area contributed by atoms with Gasteiger partial charge in [0.2, 0.25) is 5.89 Å². The van der Waals surface area contributed by atoms with Crippen LogP contribution in [0.15, 0.2) is 27.0 Å². The Labute approximate surface area is 128 Å². The third-order valence-corrected chi connectivity index (χ3v) is 4.33. The summed E-state index contributed by atoms with van der Waals surface area (Å²) in [5, 5.41) is 12.5. The first-order chi connectivity index (χ1) is 10.0. The number of nitrogens with one attached hydrogen (secondary N) is 2. The first-order valence-electron chi connectivity index (χ1n) is 6.79. The lowest BCUT2D eigenvalue weighted by atomic mass is 9.91. The summed E-state index contributed by atoms with van der Waals surface area (Å²) in [6.45, 7) is 7.46. The van der Waals surface area contributed by atoms with Crippen LogP contribution >= 0.6 is 11.3 Å². The Hall–Kier alpha value is -1.89. The predicted molar refractivity (Wildman–Crippen MR) is 84.6 cm³/mol. The molecule has 6 nitrogen and oxygen atoms in total. The van der Waals surface area contributed by atoms with Crippen molar-refractivity contribution in [2.24, 2.45) is 4.99 Å². The number of hydrogen-bond donors (Lipinski definition) is 2. The van der Waals surface area contributed by atoms with Crippen LogP contribution in [0.1, 0.15) is 30.4 Å². The molecule has 0 aliphatic rings. The maximum atomic E-state index is 4.93. The third-order valence-electron chi connectivity index (χ3n) is 3.09. The van der Waals surface area contributed by atoms with Gasteiger partial charge in [0.25, 0.3) is 0 Å². The molecule has 114 valence electrons. The minimum atomic E-state index is 0.0501. The number of hydrogen-bond acceptors (Lipinski definition) is 5. The molecule has 0 saturated carbocycles. The molecule has 2 N–H and O–H groups in total. The number of aryl methyl sites for hydroxylation is 1. The van der Waals surface area contributed by atoms with E-state index in [0.717, 1.165) is 12.5 Å². The zero-order valence-electron chi connectivity index (χ0n) is 12.8. The number of aliphatic imine (C=N–C) groups is 1. The molecule has 0 spiro atoms. The van der Waals surface area contributed by atoms with Gasteiger partial charge in [-0.05, 0) is 11.4 Å². The highest BCUT2D eigenvalue weighted by atomic mass is 32.1. The second-order valence-electron chi connectivity index (χ2n) is 5.37. The van der Waals surface area contributed by atoms with Crippen LogP contribution in [0.4, 0.5) is 0 Å². The molecule has 2 aromatic heterocycles.